The Labute approximate surface area is 134 Å². The predicted molar refractivity (Wildman–Crippen MR) is 94.5 cm³/mol. The minimum absolute atomic E-state index is 0.155. The van der Waals surface area contributed by atoms with Gasteiger partial charge in [-0.2, -0.15) is 0 Å². The molecule has 0 saturated carbocycles. The van der Waals surface area contributed by atoms with E-state index in [2.05, 4.69) is 48.6 Å². The summed E-state index contributed by atoms with van der Waals surface area (Å²) in [6, 6.07) is 19.4. The fourth-order valence-electron chi connectivity index (χ4n) is 2.76. The first-order valence-electron chi connectivity index (χ1n) is 7.42. The Bertz CT molecular complexity index is 892. The number of aromatic carboxylic acids is 1. The van der Waals surface area contributed by atoms with E-state index >= 15 is 0 Å². The van der Waals surface area contributed by atoms with Gasteiger partial charge in [-0.25, -0.2) is 4.79 Å². The maximum atomic E-state index is 10.3. The molecule has 1 aliphatic carbocycles. The van der Waals surface area contributed by atoms with Gasteiger partial charge in [-0.1, -0.05) is 60.7 Å². The van der Waals surface area contributed by atoms with Crippen LogP contribution in [0.5, 0.6) is 0 Å². The van der Waals surface area contributed by atoms with Gasteiger partial charge in [0.2, 0.25) is 0 Å². The van der Waals surface area contributed by atoms with Crippen molar-refractivity contribution in [2.45, 2.75) is 6.42 Å². The lowest BCUT2D eigenvalue weighted by atomic mass is 9.93. The summed E-state index contributed by atoms with van der Waals surface area (Å²) in [4.78, 5) is 10.3. The van der Waals surface area contributed by atoms with E-state index in [0.717, 1.165) is 6.42 Å². The molecule has 3 nitrogen and oxygen atoms in total. The highest BCUT2D eigenvalue weighted by Gasteiger charge is 2.06. The Morgan fingerprint density at radius 2 is 1.70 bits per heavy atom. The van der Waals surface area contributed by atoms with Crippen LogP contribution in [-0.2, 0) is 6.42 Å². The van der Waals surface area contributed by atoms with Gasteiger partial charge >= 0.3 is 5.97 Å². The van der Waals surface area contributed by atoms with E-state index in [1.165, 1.54) is 28.0 Å². The number of hydrogen-bond donors (Lipinski definition) is 2. The Balaban J connectivity index is 0.000000142. The van der Waals surface area contributed by atoms with Crippen LogP contribution in [0.4, 0.5) is 5.69 Å². The third-order valence-corrected chi connectivity index (χ3v) is 3.85. The largest absolute Gasteiger partial charge is 0.478 e. The van der Waals surface area contributed by atoms with Crippen molar-refractivity contribution < 1.29 is 9.90 Å². The minimum atomic E-state index is -0.988. The van der Waals surface area contributed by atoms with E-state index in [4.69, 9.17) is 10.8 Å². The van der Waals surface area contributed by atoms with Crippen molar-refractivity contribution in [3.05, 3.63) is 83.4 Å². The smallest absolute Gasteiger partial charge is 0.337 e. The summed E-state index contributed by atoms with van der Waals surface area (Å²) in [5.41, 5.74) is 8.61. The SMILES string of the molecule is C1=Cc2cccc3cccc(c23)C1.Nc1ccccc1C(=O)O. The molecule has 0 bridgehead atoms. The first-order chi connectivity index (χ1) is 11.2. The molecule has 3 aromatic carbocycles. The molecule has 4 rings (SSSR count). The summed E-state index contributed by atoms with van der Waals surface area (Å²) in [6.45, 7) is 0. The zero-order chi connectivity index (χ0) is 16.2. The molecule has 0 aliphatic heterocycles. The molecule has 3 N–H and O–H groups in total. The molecule has 0 saturated heterocycles. The van der Waals surface area contributed by atoms with Gasteiger partial charge in [-0.3, -0.25) is 0 Å². The second kappa shape index (κ2) is 6.36. The zero-order valence-electron chi connectivity index (χ0n) is 12.6. The molecule has 0 heterocycles. The molecule has 3 aromatic rings. The Morgan fingerprint density at radius 3 is 2.39 bits per heavy atom. The zero-order valence-corrected chi connectivity index (χ0v) is 12.6. The summed E-state index contributed by atoms with van der Waals surface area (Å²) >= 11 is 0. The van der Waals surface area contributed by atoms with Gasteiger partial charge in [0.25, 0.3) is 0 Å². The van der Waals surface area contributed by atoms with Crippen LogP contribution in [0.1, 0.15) is 21.5 Å². The maximum absolute atomic E-state index is 10.3. The highest BCUT2D eigenvalue weighted by Crippen LogP contribution is 2.27. The van der Waals surface area contributed by atoms with Crippen molar-refractivity contribution >= 4 is 28.5 Å². The van der Waals surface area contributed by atoms with Crippen molar-refractivity contribution in [3.8, 4) is 0 Å². The topological polar surface area (TPSA) is 63.3 Å². The van der Waals surface area contributed by atoms with Crippen molar-refractivity contribution in [2.75, 3.05) is 5.73 Å². The Hall–Kier alpha value is -3.07. The average Bonchev–Trinajstić information content (AvgIpc) is 2.57. The molecule has 23 heavy (non-hydrogen) atoms. The summed E-state index contributed by atoms with van der Waals surface area (Å²) in [7, 11) is 0. The third-order valence-electron chi connectivity index (χ3n) is 3.85. The van der Waals surface area contributed by atoms with Crippen LogP contribution >= 0.6 is 0 Å². The van der Waals surface area contributed by atoms with E-state index in [-0.39, 0.29) is 5.56 Å². The van der Waals surface area contributed by atoms with Gasteiger partial charge in [-0.05, 0) is 40.5 Å². The second-order valence-corrected chi connectivity index (χ2v) is 5.36. The number of allylic oxidation sites excluding steroid dienone is 1. The Morgan fingerprint density at radius 1 is 0.957 bits per heavy atom. The van der Waals surface area contributed by atoms with Crippen LogP contribution in [0.2, 0.25) is 0 Å². The molecule has 0 unspecified atom stereocenters. The predicted octanol–water partition coefficient (Wildman–Crippen LogP) is 4.38. The van der Waals surface area contributed by atoms with Crippen LogP contribution in [0.15, 0.2) is 66.7 Å². The number of carboxylic acids is 1. The van der Waals surface area contributed by atoms with Gasteiger partial charge < -0.3 is 10.8 Å². The van der Waals surface area contributed by atoms with Crippen molar-refractivity contribution in [1.29, 1.82) is 0 Å². The molecule has 0 radical (unpaired) electrons. The number of hydrogen-bond acceptors (Lipinski definition) is 2. The lowest BCUT2D eigenvalue weighted by molar-refractivity contribution is 0.0698. The van der Waals surface area contributed by atoms with Gasteiger partial charge in [0.05, 0.1) is 5.56 Å². The molecule has 1 aliphatic rings. The van der Waals surface area contributed by atoms with E-state index in [1.54, 1.807) is 18.2 Å². The fourth-order valence-corrected chi connectivity index (χ4v) is 2.76. The van der Waals surface area contributed by atoms with Crippen LogP contribution in [0, 0.1) is 0 Å². The summed E-state index contributed by atoms with van der Waals surface area (Å²) in [5, 5.41) is 11.3. The van der Waals surface area contributed by atoms with Crippen LogP contribution in [0.3, 0.4) is 0 Å². The molecular weight excluding hydrogens is 286 g/mol. The molecule has 114 valence electrons. The van der Waals surface area contributed by atoms with Crippen LogP contribution in [-0.4, -0.2) is 11.1 Å². The van der Waals surface area contributed by atoms with E-state index in [1.807, 2.05) is 0 Å². The molecule has 0 atom stereocenters. The normalized spacial score (nSPS) is 11.7. The van der Waals surface area contributed by atoms with E-state index < -0.39 is 5.97 Å². The van der Waals surface area contributed by atoms with Gasteiger partial charge in [0.1, 0.15) is 0 Å². The summed E-state index contributed by atoms with van der Waals surface area (Å²) in [5.74, 6) is -0.988. The van der Waals surface area contributed by atoms with Gasteiger partial charge in [0.15, 0.2) is 0 Å². The number of carboxylic acid groups (broad SMARTS) is 1. The van der Waals surface area contributed by atoms with Crippen molar-refractivity contribution in [1.82, 2.24) is 0 Å². The number of nitrogen functional groups attached to an aromatic ring is 1. The maximum Gasteiger partial charge on any atom is 0.337 e. The minimum Gasteiger partial charge on any atom is -0.478 e. The number of para-hydroxylation sites is 1. The molecule has 0 aromatic heterocycles. The molecule has 0 amide bonds. The Kier molecular flexibility index (Phi) is 4.11. The van der Waals surface area contributed by atoms with Gasteiger partial charge in [-0.15, -0.1) is 0 Å². The standard InChI is InChI=1S/C13H10.C7H7NO2/c1-4-10-6-2-8-12-9-3-7-11(5-1)13(10)12;8-6-4-2-1-3-5(6)7(9)10/h1-8H,9H2;1-4H,8H2,(H,9,10). The quantitative estimate of drug-likeness (QED) is 0.656. The summed E-state index contributed by atoms with van der Waals surface area (Å²) in [6.07, 6.45) is 5.53. The number of rotatable bonds is 1. The summed E-state index contributed by atoms with van der Waals surface area (Å²) < 4.78 is 0. The van der Waals surface area contributed by atoms with E-state index in [0.29, 0.717) is 5.69 Å². The third kappa shape index (κ3) is 3.09. The molecule has 0 spiro atoms. The highest BCUT2D eigenvalue weighted by molar-refractivity contribution is 5.95. The van der Waals surface area contributed by atoms with Gasteiger partial charge in [0, 0.05) is 5.69 Å². The number of nitrogens with two attached hydrogens (primary N) is 1. The molecular formula is C20H17NO2. The highest BCUT2D eigenvalue weighted by atomic mass is 16.4. The lowest BCUT2D eigenvalue weighted by Crippen LogP contribution is -2.00. The number of carbonyl (C=O) groups is 1. The monoisotopic (exact) mass is 303 g/mol. The number of benzene rings is 3. The number of anilines is 1. The molecule has 3 heteroatoms. The molecule has 0 fully saturated rings. The fraction of sp³-hybridized carbons (Fsp3) is 0.0500. The first-order valence-corrected chi connectivity index (χ1v) is 7.42. The van der Waals surface area contributed by atoms with Crippen LogP contribution < -0.4 is 5.73 Å². The first kappa shape index (κ1) is 14.9. The van der Waals surface area contributed by atoms with E-state index in [9.17, 15) is 4.79 Å². The average molecular weight is 303 g/mol. The lowest BCUT2D eigenvalue weighted by Gasteiger charge is -2.11. The van der Waals surface area contributed by atoms with Crippen molar-refractivity contribution in [3.63, 3.8) is 0 Å². The second-order valence-electron chi connectivity index (χ2n) is 5.36. The van der Waals surface area contributed by atoms with Crippen molar-refractivity contribution in [2.24, 2.45) is 0 Å². The van der Waals surface area contributed by atoms with Crippen LogP contribution in [0.25, 0.3) is 16.8 Å².